The molecule has 0 saturated carbocycles. The molecule has 1 saturated heterocycles. The average Bonchev–Trinajstić information content (AvgIpc) is 3.42. The molecule has 29 heteroatoms. The Labute approximate surface area is 509 Å². The zero-order valence-electron chi connectivity index (χ0n) is 49.5. The van der Waals surface area contributed by atoms with E-state index in [4.69, 9.17) is 5.73 Å². The van der Waals surface area contributed by atoms with Gasteiger partial charge in [-0.2, -0.15) is 0 Å². The molecule has 0 aliphatic carbocycles. The van der Waals surface area contributed by atoms with Crippen LogP contribution in [0, 0.1) is 0 Å². The number of hydrogen-bond acceptors (Lipinski definition) is 19. The van der Waals surface area contributed by atoms with Crippen LogP contribution in [0.1, 0.15) is 61.6 Å². The van der Waals surface area contributed by atoms with E-state index >= 15 is 0 Å². The lowest BCUT2D eigenvalue weighted by molar-refractivity contribution is -0.140. The molecule has 88 heavy (non-hydrogen) atoms. The summed E-state index contributed by atoms with van der Waals surface area (Å²) in [7, 11) is 0. The number of nitrogens with zero attached hydrogens (tertiary/aromatic N) is 5. The summed E-state index contributed by atoms with van der Waals surface area (Å²) in [5, 5.41) is 63.9. The van der Waals surface area contributed by atoms with E-state index in [2.05, 4.69) is 52.8 Å². The number of phenols is 1. The van der Waals surface area contributed by atoms with Gasteiger partial charge in [-0.1, -0.05) is 61.5 Å². The van der Waals surface area contributed by atoms with Crippen molar-refractivity contribution in [1.29, 1.82) is 0 Å². The molecule has 6 amide bonds. The van der Waals surface area contributed by atoms with Crippen LogP contribution in [0.4, 0.5) is 21.9 Å². The maximum atomic E-state index is 14.5. The number of aliphatic carboxylic acids is 3. The smallest absolute Gasteiger partial charge is 0.321 e. The molecule has 2 atom stereocenters. The van der Waals surface area contributed by atoms with Crippen LogP contribution in [0.2, 0.25) is 0 Å². The summed E-state index contributed by atoms with van der Waals surface area (Å²) in [5.41, 5.74) is 7.45. The zero-order chi connectivity index (χ0) is 63.8. The van der Waals surface area contributed by atoms with Gasteiger partial charge in [-0.25, -0.2) is 4.79 Å². The van der Waals surface area contributed by atoms with E-state index in [1.54, 1.807) is 44.7 Å². The number of carbonyl (C=O) groups excluding carboxylic acids is 5. The Morgan fingerprint density at radius 2 is 1.08 bits per heavy atom. The number of urea groups is 1. The summed E-state index contributed by atoms with van der Waals surface area (Å²) in [4.78, 5) is 136. The average molecular weight is 1230 g/mol. The van der Waals surface area contributed by atoms with Gasteiger partial charge in [0.2, 0.25) is 23.6 Å². The number of nitrogens with two attached hydrogens (primary N) is 1. The van der Waals surface area contributed by atoms with Crippen LogP contribution in [0.3, 0.4) is 0 Å². The van der Waals surface area contributed by atoms with Gasteiger partial charge in [0.25, 0.3) is 10.9 Å². The molecule has 1 fully saturated rings. The van der Waals surface area contributed by atoms with Crippen molar-refractivity contribution in [2.24, 2.45) is 10.7 Å². The van der Waals surface area contributed by atoms with Gasteiger partial charge in [0.05, 0.1) is 32.1 Å². The van der Waals surface area contributed by atoms with Crippen LogP contribution in [0.25, 0.3) is 0 Å². The summed E-state index contributed by atoms with van der Waals surface area (Å²) in [6.45, 7) is 4.35. The molecular weight excluding hydrogens is 1140 g/mol. The van der Waals surface area contributed by atoms with E-state index in [1.807, 2.05) is 48.5 Å². The van der Waals surface area contributed by atoms with E-state index in [0.717, 1.165) is 5.56 Å². The second-order valence-corrected chi connectivity index (χ2v) is 20.9. The molecule has 0 unspecified atom stereocenters. The first-order chi connectivity index (χ1) is 42.3. The van der Waals surface area contributed by atoms with E-state index < -0.39 is 58.6 Å². The van der Waals surface area contributed by atoms with Gasteiger partial charge < -0.3 is 68.7 Å². The van der Waals surface area contributed by atoms with Crippen molar-refractivity contribution in [3.63, 3.8) is 0 Å². The first-order valence-corrected chi connectivity index (χ1v) is 29.3. The van der Waals surface area contributed by atoms with Crippen LogP contribution in [0.5, 0.6) is 5.75 Å². The molecule has 478 valence electrons. The predicted molar refractivity (Wildman–Crippen MR) is 330 cm³/mol. The molecule has 4 aromatic carbocycles. The summed E-state index contributed by atoms with van der Waals surface area (Å²) in [6, 6.07) is 21.2. The minimum atomic E-state index is -1.07. The van der Waals surface area contributed by atoms with Crippen LogP contribution in [-0.2, 0) is 40.1 Å². The van der Waals surface area contributed by atoms with Crippen molar-refractivity contribution >= 4 is 70.6 Å². The van der Waals surface area contributed by atoms with E-state index in [9.17, 15) is 68.4 Å². The highest BCUT2D eigenvalue weighted by molar-refractivity contribution is 5.95. The predicted octanol–water partition coefficient (Wildman–Crippen LogP) is -0.851. The molecule has 0 aromatic heterocycles. The highest BCUT2D eigenvalue weighted by Crippen LogP contribution is 2.28. The summed E-state index contributed by atoms with van der Waals surface area (Å²) in [6.07, 6.45) is 1.94. The van der Waals surface area contributed by atoms with Crippen LogP contribution in [-0.4, -0.2) is 224 Å². The Morgan fingerprint density at radius 3 is 1.66 bits per heavy atom. The van der Waals surface area contributed by atoms with Crippen LogP contribution >= 0.6 is 0 Å². The van der Waals surface area contributed by atoms with Gasteiger partial charge in [0.1, 0.15) is 23.2 Å². The number of unbranched alkanes of at least 4 members (excludes halogenated alkanes) is 1. The quantitative estimate of drug-likeness (QED) is 0.0117. The molecule has 1 aliphatic heterocycles. The lowest BCUT2D eigenvalue weighted by Crippen LogP contribution is -2.50. The molecule has 0 bridgehead atoms. The van der Waals surface area contributed by atoms with E-state index in [0.29, 0.717) is 55.6 Å². The number of amides is 6. The molecule has 1 aliphatic rings. The lowest BCUT2D eigenvalue weighted by atomic mass is 9.89. The fourth-order valence-electron chi connectivity index (χ4n) is 9.48. The zero-order valence-corrected chi connectivity index (χ0v) is 49.5. The second kappa shape index (κ2) is 37.4. The normalized spacial score (nSPS) is 14.6. The molecule has 0 spiro atoms. The standard InChI is InChI=1S/C59H83N15O14/c1-2-46(76)62-23-25-67-59(88)70-58(60)66-19-7-6-14-45(56(86)68-35-40-15-17-44(75)18-16-40)69-57(87)51(41-10-4-3-5-11-41)42-12-8-13-43(34-42)61-20-9-21-64-52-53(55(85)54(52)84)65-24-22-63-47(77)36-71-26-28-72(37-48(78)79)30-32-74(39-50(82)83)33-31-73(29-27-71)38-49(80)81/h3-5,8,10-13,15-18,34,45,51,61,64-65,75H,2,6-7,9,14,19-33,35-39H2,1H3,(H,62,76)(H,63,77)(H,68,86)(H,69,87)(H,78,79)(H,80,81)(H,82,83)(H4,60,66,67,70,88)/t45-,51+/m1/s1. The Hall–Kier alpha value is -9.19. The number of aromatic hydroxyl groups is 1. The second-order valence-electron chi connectivity index (χ2n) is 20.9. The maximum Gasteiger partial charge on any atom is 0.321 e. The maximum absolute atomic E-state index is 14.5. The van der Waals surface area contributed by atoms with Crippen molar-refractivity contribution in [2.75, 3.05) is 140 Å². The minimum absolute atomic E-state index is 0.0727. The Morgan fingerprint density at radius 1 is 0.557 bits per heavy atom. The highest BCUT2D eigenvalue weighted by Gasteiger charge is 2.29. The number of carboxylic acids is 3. The number of benzene rings is 3. The third kappa shape index (κ3) is 25.4. The van der Waals surface area contributed by atoms with Crippen molar-refractivity contribution in [3.05, 3.63) is 116 Å². The van der Waals surface area contributed by atoms with E-state index in [-0.39, 0.29) is 159 Å². The fourth-order valence-corrected chi connectivity index (χ4v) is 9.48. The Kier molecular flexibility index (Phi) is 29.6. The number of guanidine groups is 1. The van der Waals surface area contributed by atoms with Crippen molar-refractivity contribution in [2.45, 2.75) is 57.5 Å². The number of nitrogens with one attached hydrogen (secondary N) is 9. The lowest BCUT2D eigenvalue weighted by Gasteiger charge is -2.32. The van der Waals surface area contributed by atoms with Gasteiger partial charge in [-0.3, -0.25) is 73.1 Å². The van der Waals surface area contributed by atoms with Gasteiger partial charge in [0.15, 0.2) is 5.96 Å². The van der Waals surface area contributed by atoms with Crippen molar-refractivity contribution < 1.29 is 58.8 Å². The number of carbonyl (C=O) groups is 8. The highest BCUT2D eigenvalue weighted by atomic mass is 16.4. The van der Waals surface area contributed by atoms with Crippen LogP contribution < -0.4 is 64.4 Å². The summed E-state index contributed by atoms with van der Waals surface area (Å²) < 4.78 is 0. The Bertz CT molecular complexity index is 3000. The minimum Gasteiger partial charge on any atom is -0.508 e. The largest absolute Gasteiger partial charge is 0.508 e. The SMILES string of the molecule is CCC(=O)NCCNC(=O)NC(N)=NCCCC[C@@H](NC(=O)[C@@H](c1ccccc1)c1cccc(NCCCNc2c(NCCNC(=O)CN3CCN(CC(=O)O)CCN(CC(=O)O)CCN(CC(=O)O)CC3)c(=O)c2=O)c1)C(=O)NCc1ccc(O)cc1. The fraction of sp³-hybridized carbons (Fsp3) is 0.475. The van der Waals surface area contributed by atoms with Gasteiger partial charge >= 0.3 is 23.9 Å². The number of phenolic OH excluding ortho intramolecular Hbond substituents is 1. The monoisotopic (exact) mass is 1230 g/mol. The molecular formula is C59H83N15O14. The molecule has 1 heterocycles. The number of hydrogen-bond donors (Lipinski definition) is 14. The Balaban J connectivity index is 1.13. The van der Waals surface area contributed by atoms with Crippen LogP contribution in [0.15, 0.2) is 93.4 Å². The molecule has 15 N–H and O–H groups in total. The molecule has 29 nitrogen and oxygen atoms in total. The van der Waals surface area contributed by atoms with Gasteiger partial charge in [0, 0.05) is 117 Å². The third-order valence-electron chi connectivity index (χ3n) is 14.1. The van der Waals surface area contributed by atoms with Gasteiger partial charge in [-0.05, 0) is 66.6 Å². The first-order valence-electron chi connectivity index (χ1n) is 29.3. The number of rotatable bonds is 34. The number of aliphatic imine (C=N–C) groups is 1. The van der Waals surface area contributed by atoms with Crippen molar-refractivity contribution in [3.8, 4) is 5.75 Å². The third-order valence-corrected chi connectivity index (χ3v) is 14.1. The van der Waals surface area contributed by atoms with E-state index in [1.165, 1.54) is 12.1 Å². The molecule has 5 rings (SSSR count). The topological polar surface area (TPSA) is 411 Å². The molecule has 0 radical (unpaired) electrons. The molecule has 4 aromatic rings. The first kappa shape index (κ1) is 69.6. The van der Waals surface area contributed by atoms with Gasteiger partial charge in [-0.15, -0.1) is 0 Å². The van der Waals surface area contributed by atoms with Crippen molar-refractivity contribution in [1.82, 2.24) is 51.5 Å². The number of carboxylic acid groups (broad SMARTS) is 3. The summed E-state index contributed by atoms with van der Waals surface area (Å²) in [5.74, 6) is -5.47. The number of anilines is 3. The summed E-state index contributed by atoms with van der Waals surface area (Å²) >= 11 is 0.